The van der Waals surface area contributed by atoms with E-state index in [0.29, 0.717) is 11.3 Å². The predicted molar refractivity (Wildman–Crippen MR) is 97.0 cm³/mol. The Morgan fingerprint density at radius 1 is 1.48 bits per heavy atom. The quantitative estimate of drug-likeness (QED) is 0.200. The highest BCUT2D eigenvalue weighted by atomic mass is 32.2. The fraction of sp³-hybridized carbons (Fsp3) is 0.176. The Morgan fingerprint density at radius 3 is 2.81 bits per heavy atom. The molecule has 0 fully saturated rings. The number of nitro benzene ring substituents is 1. The maximum atomic E-state index is 11.7. The highest BCUT2D eigenvalue weighted by molar-refractivity contribution is 7.99. The van der Waals surface area contributed by atoms with Crippen LogP contribution in [0.2, 0.25) is 0 Å². The molecule has 1 heterocycles. The average molecular weight is 386 g/mol. The zero-order valence-electron chi connectivity index (χ0n) is 14.4. The molecule has 0 saturated heterocycles. The maximum absolute atomic E-state index is 11.7. The molecule has 27 heavy (non-hydrogen) atoms. The van der Waals surface area contributed by atoms with E-state index in [1.807, 2.05) is 0 Å². The van der Waals surface area contributed by atoms with E-state index in [9.17, 15) is 19.7 Å². The van der Waals surface area contributed by atoms with Gasteiger partial charge in [0.1, 0.15) is 11.6 Å². The third kappa shape index (κ3) is 5.26. The summed E-state index contributed by atoms with van der Waals surface area (Å²) in [5, 5.41) is 20.7. The van der Waals surface area contributed by atoms with E-state index in [1.165, 1.54) is 30.3 Å². The summed E-state index contributed by atoms with van der Waals surface area (Å²) in [6.07, 6.45) is 1.21. The van der Waals surface area contributed by atoms with Gasteiger partial charge in [0.15, 0.2) is 5.16 Å². The van der Waals surface area contributed by atoms with Crippen LogP contribution in [0.25, 0.3) is 6.08 Å². The van der Waals surface area contributed by atoms with E-state index in [0.717, 1.165) is 11.8 Å². The fourth-order valence-electron chi connectivity index (χ4n) is 2.07. The summed E-state index contributed by atoms with van der Waals surface area (Å²) in [4.78, 5) is 40.9. The van der Waals surface area contributed by atoms with E-state index in [-0.39, 0.29) is 33.5 Å². The first kappa shape index (κ1) is 19.9. The summed E-state index contributed by atoms with van der Waals surface area (Å²) in [5.74, 6) is -0.803. The molecule has 0 saturated carbocycles. The molecule has 1 aromatic carbocycles. The number of H-pyrrole nitrogens is 1. The van der Waals surface area contributed by atoms with Crippen molar-refractivity contribution in [1.82, 2.24) is 9.97 Å². The number of esters is 1. The van der Waals surface area contributed by atoms with Crippen molar-refractivity contribution < 1.29 is 14.5 Å². The number of rotatable bonds is 6. The molecular weight excluding hydrogens is 372 g/mol. The van der Waals surface area contributed by atoms with Gasteiger partial charge in [0.2, 0.25) is 0 Å². The van der Waals surface area contributed by atoms with Gasteiger partial charge in [-0.2, -0.15) is 5.26 Å². The second-order valence-electron chi connectivity index (χ2n) is 5.17. The van der Waals surface area contributed by atoms with Crippen LogP contribution in [0, 0.1) is 28.4 Å². The van der Waals surface area contributed by atoms with Crippen LogP contribution in [-0.4, -0.2) is 27.5 Å². The van der Waals surface area contributed by atoms with Crippen LogP contribution < -0.4 is 5.56 Å². The number of nitro groups is 1. The van der Waals surface area contributed by atoms with Gasteiger partial charge in [0.25, 0.3) is 11.2 Å². The summed E-state index contributed by atoms with van der Waals surface area (Å²) in [5.41, 5.74) is -0.103. The highest BCUT2D eigenvalue weighted by Crippen LogP contribution is 2.33. The van der Waals surface area contributed by atoms with Gasteiger partial charge in [0, 0.05) is 17.8 Å². The predicted octanol–water partition coefficient (Wildman–Crippen LogP) is 2.61. The molecule has 9 nitrogen and oxygen atoms in total. The Labute approximate surface area is 157 Å². The Balaban J connectivity index is 2.42. The van der Waals surface area contributed by atoms with Gasteiger partial charge >= 0.3 is 5.97 Å². The van der Waals surface area contributed by atoms with Gasteiger partial charge in [0.05, 0.1) is 16.4 Å². The molecule has 0 unspecified atom stereocenters. The third-order valence-electron chi connectivity index (χ3n) is 3.16. The van der Waals surface area contributed by atoms with Crippen LogP contribution in [0.3, 0.4) is 0 Å². The minimum Gasteiger partial charge on any atom is -0.462 e. The third-order valence-corrected chi connectivity index (χ3v) is 4.11. The van der Waals surface area contributed by atoms with Crippen molar-refractivity contribution in [3.63, 3.8) is 0 Å². The normalized spacial score (nSPS) is 10.9. The van der Waals surface area contributed by atoms with E-state index in [4.69, 9.17) is 10.00 Å². The molecular formula is C17H14N4O5S. The molecule has 10 heteroatoms. The lowest BCUT2D eigenvalue weighted by Gasteiger charge is -2.05. The standard InChI is InChI=1S/C17H14N4O5S/c1-3-26-16(23)12(9-18)7-11-4-5-14(13(8-11)21(24)25)27-17-19-10(2)6-15(22)20-17/h4-8H,3H2,1-2H3,(H,19,20,22)/b12-7+. The number of carbonyl (C=O) groups is 1. The van der Waals surface area contributed by atoms with E-state index >= 15 is 0 Å². The lowest BCUT2D eigenvalue weighted by atomic mass is 10.1. The van der Waals surface area contributed by atoms with Crippen molar-refractivity contribution in [2.45, 2.75) is 23.9 Å². The molecule has 138 valence electrons. The Hall–Kier alpha value is -3.45. The molecule has 0 radical (unpaired) electrons. The first-order valence-electron chi connectivity index (χ1n) is 7.67. The molecule has 1 N–H and O–H groups in total. The van der Waals surface area contributed by atoms with Crippen LogP contribution in [0.5, 0.6) is 0 Å². The van der Waals surface area contributed by atoms with Crippen LogP contribution in [-0.2, 0) is 9.53 Å². The monoisotopic (exact) mass is 386 g/mol. The number of aromatic nitrogens is 2. The van der Waals surface area contributed by atoms with Crippen molar-refractivity contribution >= 4 is 29.5 Å². The number of aromatic amines is 1. The number of nitrogens with zero attached hydrogens (tertiary/aromatic N) is 3. The van der Waals surface area contributed by atoms with Crippen molar-refractivity contribution in [1.29, 1.82) is 5.26 Å². The first-order valence-corrected chi connectivity index (χ1v) is 8.49. The number of hydrogen-bond acceptors (Lipinski definition) is 8. The zero-order chi connectivity index (χ0) is 20.0. The second kappa shape index (κ2) is 8.77. The van der Waals surface area contributed by atoms with Gasteiger partial charge < -0.3 is 9.72 Å². The summed E-state index contributed by atoms with van der Waals surface area (Å²) >= 11 is 0.933. The molecule has 0 aliphatic heterocycles. The number of ether oxygens (including phenoxy) is 1. The number of hydrogen-bond donors (Lipinski definition) is 1. The van der Waals surface area contributed by atoms with Gasteiger partial charge in [-0.15, -0.1) is 0 Å². The minimum absolute atomic E-state index is 0.106. The number of nitriles is 1. The van der Waals surface area contributed by atoms with Crippen LogP contribution >= 0.6 is 11.8 Å². The molecule has 2 aromatic rings. The van der Waals surface area contributed by atoms with E-state index in [2.05, 4.69) is 9.97 Å². The summed E-state index contributed by atoms with van der Waals surface area (Å²) < 4.78 is 4.76. The average Bonchev–Trinajstić information content (AvgIpc) is 2.59. The highest BCUT2D eigenvalue weighted by Gasteiger charge is 2.18. The van der Waals surface area contributed by atoms with Gasteiger partial charge in [-0.25, -0.2) is 9.78 Å². The van der Waals surface area contributed by atoms with Crippen LogP contribution in [0.1, 0.15) is 18.2 Å². The zero-order valence-corrected chi connectivity index (χ0v) is 15.2. The number of benzene rings is 1. The second-order valence-corrected chi connectivity index (χ2v) is 6.20. The van der Waals surface area contributed by atoms with Crippen molar-refractivity contribution in [3.8, 4) is 6.07 Å². The summed E-state index contributed by atoms with van der Waals surface area (Å²) in [6, 6.07) is 7.22. The smallest absolute Gasteiger partial charge is 0.348 e. The lowest BCUT2D eigenvalue weighted by Crippen LogP contribution is -2.08. The van der Waals surface area contributed by atoms with Crippen LogP contribution in [0.15, 0.2) is 44.7 Å². The van der Waals surface area contributed by atoms with Gasteiger partial charge in [-0.05, 0) is 43.3 Å². The van der Waals surface area contributed by atoms with Crippen molar-refractivity contribution in [3.05, 3.63) is 61.6 Å². The largest absolute Gasteiger partial charge is 0.462 e. The van der Waals surface area contributed by atoms with Crippen molar-refractivity contribution in [2.75, 3.05) is 6.61 Å². The molecule has 0 atom stereocenters. The fourth-order valence-corrected chi connectivity index (χ4v) is 2.99. The molecule has 0 aliphatic rings. The van der Waals surface area contributed by atoms with Crippen molar-refractivity contribution in [2.24, 2.45) is 0 Å². The molecule has 0 amide bonds. The van der Waals surface area contributed by atoms with E-state index < -0.39 is 10.9 Å². The number of aryl methyl sites for hydroxylation is 1. The summed E-state index contributed by atoms with van der Waals surface area (Å²) in [7, 11) is 0. The van der Waals surface area contributed by atoms with Gasteiger partial charge in [-0.1, -0.05) is 6.07 Å². The molecule has 1 aromatic heterocycles. The maximum Gasteiger partial charge on any atom is 0.348 e. The van der Waals surface area contributed by atoms with E-state index in [1.54, 1.807) is 19.9 Å². The first-order chi connectivity index (χ1) is 12.8. The molecule has 0 spiro atoms. The molecule has 0 bridgehead atoms. The Morgan fingerprint density at radius 2 is 2.22 bits per heavy atom. The Kier molecular flexibility index (Phi) is 6.46. The topological polar surface area (TPSA) is 139 Å². The minimum atomic E-state index is -0.803. The SMILES string of the molecule is CCOC(=O)/C(C#N)=C/c1ccc(Sc2nc(C)cc(=O)[nH]2)c([N+](=O)[O-])c1. The Bertz CT molecular complexity index is 1020. The van der Waals surface area contributed by atoms with Gasteiger partial charge in [-0.3, -0.25) is 14.9 Å². The summed E-state index contributed by atoms with van der Waals surface area (Å²) in [6.45, 7) is 3.35. The van der Waals surface area contributed by atoms with Crippen LogP contribution in [0.4, 0.5) is 5.69 Å². The number of carbonyl (C=O) groups excluding carboxylic acids is 1. The molecule has 0 aliphatic carbocycles. The lowest BCUT2D eigenvalue weighted by molar-refractivity contribution is -0.387. The molecule has 2 rings (SSSR count). The number of nitrogens with one attached hydrogen (secondary N) is 1.